The first-order valence-electron chi connectivity index (χ1n) is 11.4. The first kappa shape index (κ1) is 29.0. The largest absolute Gasteiger partial charge is 0.416 e. The van der Waals surface area contributed by atoms with Crippen molar-refractivity contribution in [2.45, 2.75) is 52.4 Å². The highest BCUT2D eigenvalue weighted by molar-refractivity contribution is 5.85. The Morgan fingerprint density at radius 2 is 1.51 bits per heavy atom. The molecule has 3 aromatic rings. The van der Waals surface area contributed by atoms with Crippen molar-refractivity contribution in [3.8, 4) is 11.3 Å². The van der Waals surface area contributed by atoms with E-state index in [9.17, 15) is 13.2 Å². The van der Waals surface area contributed by atoms with Crippen LogP contribution in [-0.4, -0.2) is 24.1 Å². The van der Waals surface area contributed by atoms with Crippen LogP contribution in [0.25, 0.3) is 11.3 Å². The van der Waals surface area contributed by atoms with Crippen LogP contribution in [-0.2, 0) is 12.7 Å². The number of halogens is 5. The second kappa shape index (κ2) is 12.1. The summed E-state index contributed by atoms with van der Waals surface area (Å²) in [5.74, 6) is 0. The Bertz CT molecular complexity index is 1090. The van der Waals surface area contributed by atoms with E-state index in [1.165, 1.54) is 28.8 Å². The fraction of sp³-hybridized carbons (Fsp3) is 0.370. The summed E-state index contributed by atoms with van der Waals surface area (Å²) >= 11 is 0. The lowest BCUT2D eigenvalue weighted by atomic mass is 9.98. The Kier molecular flexibility index (Phi) is 10.0. The van der Waals surface area contributed by atoms with Crippen LogP contribution in [0.1, 0.15) is 40.7 Å². The molecule has 3 nitrogen and oxygen atoms in total. The predicted octanol–water partition coefficient (Wildman–Crippen LogP) is 7.29. The molecule has 1 aliphatic heterocycles. The molecule has 190 valence electrons. The molecule has 35 heavy (non-hydrogen) atoms. The highest BCUT2D eigenvalue weighted by Gasteiger charge is 2.30. The Hall–Kier alpha value is -2.28. The van der Waals surface area contributed by atoms with Crippen molar-refractivity contribution in [2.75, 3.05) is 18.0 Å². The van der Waals surface area contributed by atoms with Crippen molar-refractivity contribution in [3.63, 3.8) is 0 Å². The molecule has 0 atom stereocenters. The highest BCUT2D eigenvalue weighted by atomic mass is 35.5. The minimum atomic E-state index is -4.33. The molecule has 0 unspecified atom stereocenters. The van der Waals surface area contributed by atoms with Crippen LogP contribution >= 0.6 is 24.8 Å². The number of hydrogen-bond donors (Lipinski definition) is 1. The van der Waals surface area contributed by atoms with Crippen molar-refractivity contribution >= 4 is 30.5 Å². The van der Waals surface area contributed by atoms with Crippen LogP contribution in [0.5, 0.6) is 0 Å². The molecule has 4 rings (SSSR count). The van der Waals surface area contributed by atoms with Crippen molar-refractivity contribution in [2.24, 2.45) is 0 Å². The number of benzene rings is 2. The first-order chi connectivity index (χ1) is 15.7. The third-order valence-corrected chi connectivity index (χ3v) is 6.68. The van der Waals surface area contributed by atoms with Crippen molar-refractivity contribution < 1.29 is 13.2 Å². The Morgan fingerprint density at radius 3 is 2.09 bits per heavy atom. The number of nitrogens with one attached hydrogen (secondary N) is 1. The number of piperidine rings is 1. The van der Waals surface area contributed by atoms with Crippen LogP contribution in [0.15, 0.2) is 54.7 Å². The van der Waals surface area contributed by atoms with Crippen molar-refractivity contribution in [3.05, 3.63) is 82.5 Å². The number of pyridine rings is 1. The Balaban J connectivity index is 0.00000216. The van der Waals surface area contributed by atoms with Gasteiger partial charge in [0.05, 0.1) is 11.3 Å². The van der Waals surface area contributed by atoms with E-state index in [0.717, 1.165) is 48.4 Å². The van der Waals surface area contributed by atoms with Gasteiger partial charge in [0.25, 0.3) is 0 Å². The monoisotopic (exact) mass is 525 g/mol. The number of anilines is 1. The third-order valence-electron chi connectivity index (χ3n) is 6.68. The summed E-state index contributed by atoms with van der Waals surface area (Å²) < 4.78 is 39.2. The second-order valence-electron chi connectivity index (χ2n) is 8.94. The zero-order valence-corrected chi connectivity index (χ0v) is 21.8. The van der Waals surface area contributed by atoms with Crippen LogP contribution in [0.4, 0.5) is 18.9 Å². The van der Waals surface area contributed by atoms with Crippen LogP contribution in [0.2, 0.25) is 0 Å². The summed E-state index contributed by atoms with van der Waals surface area (Å²) in [4.78, 5) is 6.84. The molecule has 0 amide bonds. The fourth-order valence-corrected chi connectivity index (χ4v) is 4.50. The summed E-state index contributed by atoms with van der Waals surface area (Å²) in [6.07, 6.45) is -0.602. The lowest BCUT2D eigenvalue weighted by Crippen LogP contribution is -2.43. The van der Waals surface area contributed by atoms with E-state index in [2.05, 4.69) is 54.2 Å². The molecular formula is C27H32Cl2F3N3. The molecule has 2 heterocycles. The van der Waals surface area contributed by atoms with E-state index in [1.54, 1.807) is 12.1 Å². The molecule has 2 aromatic carbocycles. The SMILES string of the molecule is Cc1cc(-c2cc(CN(c3ccc(C(F)(F)F)cc3)C3CCNCC3)ccn2)cc(C)c1C.Cl.Cl. The lowest BCUT2D eigenvalue weighted by Gasteiger charge is -2.36. The molecule has 0 spiro atoms. The predicted molar refractivity (Wildman–Crippen MR) is 142 cm³/mol. The van der Waals surface area contributed by atoms with E-state index in [4.69, 9.17) is 0 Å². The van der Waals surface area contributed by atoms with E-state index >= 15 is 0 Å². The molecule has 1 N–H and O–H groups in total. The average molecular weight is 526 g/mol. The molecule has 0 radical (unpaired) electrons. The minimum absolute atomic E-state index is 0. The minimum Gasteiger partial charge on any atom is -0.364 e. The third kappa shape index (κ3) is 6.90. The van der Waals surface area contributed by atoms with Crippen molar-refractivity contribution in [1.29, 1.82) is 0 Å². The van der Waals surface area contributed by atoms with Gasteiger partial charge in [-0.05, 0) is 117 Å². The number of alkyl halides is 3. The average Bonchev–Trinajstić information content (AvgIpc) is 2.81. The van der Waals surface area contributed by atoms with Gasteiger partial charge >= 0.3 is 6.18 Å². The van der Waals surface area contributed by atoms with Gasteiger partial charge < -0.3 is 10.2 Å². The number of aromatic nitrogens is 1. The Morgan fingerprint density at radius 1 is 0.914 bits per heavy atom. The van der Waals surface area contributed by atoms with Gasteiger partial charge in [-0.2, -0.15) is 13.2 Å². The van der Waals surface area contributed by atoms with Crippen LogP contribution in [0.3, 0.4) is 0 Å². The van der Waals surface area contributed by atoms with E-state index in [-0.39, 0.29) is 30.9 Å². The number of hydrogen-bond acceptors (Lipinski definition) is 3. The first-order valence-corrected chi connectivity index (χ1v) is 11.4. The highest BCUT2D eigenvalue weighted by Crippen LogP contribution is 2.32. The zero-order chi connectivity index (χ0) is 23.6. The maximum atomic E-state index is 13.1. The smallest absolute Gasteiger partial charge is 0.364 e. The van der Waals surface area contributed by atoms with Gasteiger partial charge in [0.2, 0.25) is 0 Å². The van der Waals surface area contributed by atoms with E-state index in [1.807, 2.05) is 12.3 Å². The molecule has 1 aliphatic rings. The summed E-state index contributed by atoms with van der Waals surface area (Å²) in [6.45, 7) is 8.78. The summed E-state index contributed by atoms with van der Waals surface area (Å²) in [6, 6.07) is 14.2. The van der Waals surface area contributed by atoms with Gasteiger partial charge in [0.15, 0.2) is 0 Å². The molecule has 1 fully saturated rings. The summed E-state index contributed by atoms with van der Waals surface area (Å²) in [5.41, 5.74) is 7.04. The molecule has 1 aromatic heterocycles. The normalized spacial score (nSPS) is 14.1. The maximum absolute atomic E-state index is 13.1. The molecule has 1 saturated heterocycles. The molecule has 0 saturated carbocycles. The van der Waals surface area contributed by atoms with Crippen LogP contribution < -0.4 is 10.2 Å². The van der Waals surface area contributed by atoms with Gasteiger partial charge in [-0.15, -0.1) is 24.8 Å². The fourth-order valence-electron chi connectivity index (χ4n) is 4.50. The van der Waals surface area contributed by atoms with Gasteiger partial charge in [0.1, 0.15) is 0 Å². The molecular weight excluding hydrogens is 494 g/mol. The molecule has 0 bridgehead atoms. The van der Waals surface area contributed by atoms with Gasteiger partial charge in [0, 0.05) is 30.0 Å². The number of rotatable bonds is 5. The van der Waals surface area contributed by atoms with E-state index in [0.29, 0.717) is 6.54 Å². The maximum Gasteiger partial charge on any atom is 0.416 e. The van der Waals surface area contributed by atoms with E-state index < -0.39 is 11.7 Å². The summed E-state index contributed by atoms with van der Waals surface area (Å²) in [7, 11) is 0. The van der Waals surface area contributed by atoms with Gasteiger partial charge in [-0.1, -0.05) is 0 Å². The quantitative estimate of drug-likeness (QED) is 0.378. The van der Waals surface area contributed by atoms with Crippen LogP contribution in [0, 0.1) is 20.8 Å². The second-order valence-corrected chi connectivity index (χ2v) is 8.94. The Labute approximate surface area is 218 Å². The standard InChI is InChI=1S/C27H30F3N3.2ClH/c1-18-14-22(15-19(2)20(18)3)26-16-21(8-13-32-26)17-33(25-9-11-31-12-10-25)24-6-4-23(5-7-24)27(28,29)30;;/h4-8,13-16,25,31H,9-12,17H2,1-3H3;2*1H. The molecule has 0 aliphatic carbocycles. The lowest BCUT2D eigenvalue weighted by molar-refractivity contribution is -0.137. The number of aryl methyl sites for hydroxylation is 2. The number of nitrogens with zero attached hydrogens (tertiary/aromatic N) is 2. The topological polar surface area (TPSA) is 28.2 Å². The summed E-state index contributed by atoms with van der Waals surface area (Å²) in [5, 5.41) is 3.37. The molecule has 8 heteroatoms. The van der Waals surface area contributed by atoms with Gasteiger partial charge in [-0.25, -0.2) is 0 Å². The zero-order valence-electron chi connectivity index (χ0n) is 20.2. The van der Waals surface area contributed by atoms with Gasteiger partial charge in [-0.3, -0.25) is 4.98 Å². The van der Waals surface area contributed by atoms with Crippen molar-refractivity contribution in [1.82, 2.24) is 10.3 Å².